The van der Waals surface area contributed by atoms with Crippen molar-refractivity contribution in [2.24, 2.45) is 0 Å². The van der Waals surface area contributed by atoms with E-state index in [4.69, 9.17) is 28.8 Å². The molecule has 0 aliphatic carbocycles. The summed E-state index contributed by atoms with van der Waals surface area (Å²) in [6.07, 6.45) is 3.36. The van der Waals surface area contributed by atoms with Gasteiger partial charge in [0.05, 0.1) is 70.7 Å². The second-order valence-corrected chi connectivity index (χ2v) is 17.0. The lowest BCUT2D eigenvalue weighted by molar-refractivity contribution is -0.142. The molecule has 22 heteroatoms. The molecule has 0 saturated carbocycles. The van der Waals surface area contributed by atoms with Gasteiger partial charge in [-0.2, -0.15) is 0 Å². The predicted molar refractivity (Wildman–Crippen MR) is 241 cm³/mol. The number of nitrogens with one attached hydrogen (secondary N) is 5. The van der Waals surface area contributed by atoms with Crippen LogP contribution in [0.1, 0.15) is 45.1 Å². The van der Waals surface area contributed by atoms with E-state index >= 15 is 0 Å². The second kappa shape index (κ2) is 28.9. The minimum absolute atomic E-state index is 0.0317. The Hall–Kier alpha value is -4.94. The molecule has 65 heavy (non-hydrogen) atoms. The number of aromatic nitrogens is 3. The van der Waals surface area contributed by atoms with E-state index in [1.807, 2.05) is 13.8 Å². The highest BCUT2D eigenvalue weighted by molar-refractivity contribution is 8.00. The van der Waals surface area contributed by atoms with Crippen molar-refractivity contribution in [2.75, 3.05) is 98.2 Å². The number of carboxylic acids is 1. The minimum atomic E-state index is -1.16. The van der Waals surface area contributed by atoms with Crippen LogP contribution in [0, 0.1) is 0 Å². The number of nitrogens with zero attached hydrogens (tertiary/aromatic N) is 3. The molecule has 1 aliphatic rings. The number of ether oxygens (including phenoxy) is 5. The molecule has 2 atom stereocenters. The average molecular weight is 933 g/mol. The van der Waals surface area contributed by atoms with Crippen LogP contribution in [0.4, 0.5) is 0 Å². The fourth-order valence-electron chi connectivity index (χ4n) is 6.58. The van der Waals surface area contributed by atoms with E-state index in [2.05, 4.69) is 31.6 Å². The number of rotatable bonds is 33. The summed E-state index contributed by atoms with van der Waals surface area (Å²) < 4.78 is 29.4. The first-order chi connectivity index (χ1) is 31.4. The van der Waals surface area contributed by atoms with Crippen LogP contribution in [-0.2, 0) is 60.6 Å². The first-order valence-corrected chi connectivity index (χ1v) is 22.8. The first kappa shape index (κ1) is 52.7. The standard InChI is InChI=1S/C43H64N8O13S/c1-43(2)38(48-30-65-43)40(56)49-33(41(57)58)28-31-7-9-32(10-8-31)51-39-34(6-3-13-47-39)50(42(51)59)29-37(55)46-16-22-64-27-26-63-21-12-36(54)45-15-5-19-61-25-24-60-18-4-14-44-35(53)11-20-62-23-17-52/h3,6-10,13,33,38,48,52H,4-5,11-12,14-30H2,1-2H3,(H,44,53)(H,45,54)(H,46,55)(H,49,56)(H,57,58)/t33-,38+/m0/s1. The SMILES string of the molecule is CC1(C)SCN[C@@H]1C(=O)N[C@@H](Cc1ccc(-n2c(=O)n(CC(=O)NCCOCCOCCC(=O)NCCCOCCOCCCNC(=O)CCOCCO)c3cccnc32)cc1)C(=O)O. The largest absolute Gasteiger partial charge is 0.480 e. The Morgan fingerprint density at radius 1 is 0.800 bits per heavy atom. The molecule has 2 aromatic heterocycles. The maximum absolute atomic E-state index is 13.7. The van der Waals surface area contributed by atoms with Crippen molar-refractivity contribution >= 4 is 52.5 Å². The number of hydrogen-bond acceptors (Lipinski definition) is 15. The van der Waals surface area contributed by atoms with Crippen molar-refractivity contribution in [3.63, 3.8) is 0 Å². The summed E-state index contributed by atoms with van der Waals surface area (Å²) in [6.45, 7) is 8.01. The number of carboxylic acid groups (broad SMARTS) is 1. The van der Waals surface area contributed by atoms with Crippen LogP contribution in [-0.4, -0.2) is 169 Å². The molecule has 0 unspecified atom stereocenters. The molecule has 1 aromatic carbocycles. The van der Waals surface area contributed by atoms with Crippen LogP contribution in [0.2, 0.25) is 0 Å². The lowest BCUT2D eigenvalue weighted by Crippen LogP contribution is -2.54. The summed E-state index contributed by atoms with van der Waals surface area (Å²) in [4.78, 5) is 79.7. The van der Waals surface area contributed by atoms with Gasteiger partial charge in [0.15, 0.2) is 5.65 Å². The van der Waals surface area contributed by atoms with Crippen molar-refractivity contribution in [1.29, 1.82) is 0 Å². The van der Waals surface area contributed by atoms with Crippen molar-refractivity contribution in [1.82, 2.24) is 40.7 Å². The Balaban J connectivity index is 1.04. The fourth-order valence-corrected chi connectivity index (χ4v) is 7.55. The van der Waals surface area contributed by atoms with Gasteiger partial charge in [-0.25, -0.2) is 19.1 Å². The Morgan fingerprint density at radius 2 is 1.38 bits per heavy atom. The number of carbonyl (C=O) groups is 5. The van der Waals surface area contributed by atoms with Crippen molar-refractivity contribution < 1.29 is 57.9 Å². The number of benzene rings is 1. The van der Waals surface area contributed by atoms with Crippen molar-refractivity contribution in [2.45, 2.75) is 69.3 Å². The Bertz CT molecular complexity index is 2010. The van der Waals surface area contributed by atoms with E-state index in [9.17, 15) is 33.9 Å². The summed E-state index contributed by atoms with van der Waals surface area (Å²) in [5.74, 6) is -1.59. The highest BCUT2D eigenvalue weighted by Crippen LogP contribution is 2.33. The van der Waals surface area contributed by atoms with E-state index in [0.717, 1.165) is 0 Å². The van der Waals surface area contributed by atoms with Gasteiger partial charge in [0, 0.05) is 68.9 Å². The number of fused-ring (bicyclic) bond motifs is 1. The van der Waals surface area contributed by atoms with Gasteiger partial charge >= 0.3 is 11.7 Å². The highest BCUT2D eigenvalue weighted by atomic mass is 32.2. The lowest BCUT2D eigenvalue weighted by Gasteiger charge is -2.26. The maximum Gasteiger partial charge on any atom is 0.335 e. The van der Waals surface area contributed by atoms with Crippen LogP contribution in [0.3, 0.4) is 0 Å². The molecule has 21 nitrogen and oxygen atoms in total. The quantitative estimate of drug-likeness (QED) is 0.0387. The van der Waals surface area contributed by atoms with E-state index in [0.29, 0.717) is 80.7 Å². The molecule has 7 N–H and O–H groups in total. The minimum Gasteiger partial charge on any atom is -0.480 e. The number of aliphatic hydroxyl groups is 1. The molecule has 1 aliphatic heterocycles. The van der Waals surface area contributed by atoms with Crippen LogP contribution in [0.25, 0.3) is 16.9 Å². The number of carbonyl (C=O) groups excluding carboxylic acids is 4. The zero-order chi connectivity index (χ0) is 46.9. The molecule has 4 rings (SSSR count). The predicted octanol–water partition coefficient (Wildman–Crippen LogP) is -0.275. The first-order valence-electron chi connectivity index (χ1n) is 21.8. The Kier molecular flexibility index (Phi) is 23.4. The topological polar surface area (TPSA) is 272 Å². The summed E-state index contributed by atoms with van der Waals surface area (Å²) >= 11 is 1.59. The van der Waals surface area contributed by atoms with Gasteiger partial charge in [0.1, 0.15) is 18.6 Å². The lowest BCUT2D eigenvalue weighted by atomic mass is 10.0. The molecule has 360 valence electrons. The number of pyridine rings is 1. The third-order valence-electron chi connectivity index (χ3n) is 10.0. The van der Waals surface area contributed by atoms with Crippen molar-refractivity contribution in [3.8, 4) is 5.69 Å². The summed E-state index contributed by atoms with van der Waals surface area (Å²) in [5, 5.41) is 32.6. The zero-order valence-electron chi connectivity index (χ0n) is 37.2. The molecule has 0 spiro atoms. The molecule has 3 aromatic rings. The third kappa shape index (κ3) is 18.5. The van der Waals surface area contributed by atoms with Gasteiger partial charge < -0.3 is 55.2 Å². The molecular formula is C43H64N8O13S. The van der Waals surface area contributed by atoms with Crippen LogP contribution >= 0.6 is 11.8 Å². The van der Waals surface area contributed by atoms with E-state index in [-0.39, 0.29) is 101 Å². The van der Waals surface area contributed by atoms with Gasteiger partial charge in [-0.15, -0.1) is 11.8 Å². The normalized spacial score (nSPS) is 14.8. The molecule has 1 fully saturated rings. The summed E-state index contributed by atoms with van der Waals surface area (Å²) in [7, 11) is 0. The third-order valence-corrected chi connectivity index (χ3v) is 11.3. The fraction of sp³-hybridized carbons (Fsp3) is 0.605. The van der Waals surface area contributed by atoms with Crippen molar-refractivity contribution in [3.05, 3.63) is 58.6 Å². The average Bonchev–Trinajstić information content (AvgIpc) is 3.79. The van der Waals surface area contributed by atoms with Crippen LogP contribution in [0.5, 0.6) is 0 Å². The second-order valence-electron chi connectivity index (χ2n) is 15.4. The number of thioether (sulfide) groups is 1. The molecule has 4 amide bonds. The van der Waals surface area contributed by atoms with E-state index in [1.54, 1.807) is 54.4 Å². The number of aliphatic hydroxyl groups excluding tert-OH is 1. The zero-order valence-corrected chi connectivity index (χ0v) is 38.0. The van der Waals surface area contributed by atoms with Gasteiger partial charge in [0.2, 0.25) is 23.6 Å². The highest BCUT2D eigenvalue weighted by Gasteiger charge is 2.41. The maximum atomic E-state index is 13.7. The number of amides is 4. The van der Waals surface area contributed by atoms with E-state index < -0.39 is 29.6 Å². The summed E-state index contributed by atoms with van der Waals surface area (Å²) in [5.41, 5.74) is 1.42. The van der Waals surface area contributed by atoms with Gasteiger partial charge in [0.25, 0.3) is 0 Å². The summed E-state index contributed by atoms with van der Waals surface area (Å²) in [6, 6.07) is 8.40. The number of hydrogen-bond donors (Lipinski definition) is 7. The van der Waals surface area contributed by atoms with Gasteiger partial charge in [-0.1, -0.05) is 12.1 Å². The Morgan fingerprint density at radius 3 is 1.97 bits per heavy atom. The van der Waals surface area contributed by atoms with E-state index in [1.165, 1.54) is 9.13 Å². The molecule has 0 radical (unpaired) electrons. The monoisotopic (exact) mass is 932 g/mol. The molecule has 0 bridgehead atoms. The van der Waals surface area contributed by atoms with Crippen LogP contribution < -0.4 is 32.3 Å². The Labute approximate surface area is 382 Å². The molecular weight excluding hydrogens is 869 g/mol. The smallest absolute Gasteiger partial charge is 0.335 e. The number of imidazole rings is 1. The van der Waals surface area contributed by atoms with Gasteiger partial charge in [-0.05, 0) is 56.5 Å². The molecule has 3 heterocycles. The van der Waals surface area contributed by atoms with Gasteiger partial charge in [-0.3, -0.25) is 29.1 Å². The van der Waals surface area contributed by atoms with Crippen LogP contribution in [0.15, 0.2) is 47.4 Å². The molecule has 1 saturated heterocycles. The number of aliphatic carboxylic acids is 1.